The van der Waals surface area contributed by atoms with Crippen LogP contribution in [0.3, 0.4) is 0 Å². The standard InChI is InChI=1S/C57H54F6O10/c1-3-5-7-9-11-37-68-45-25-13-39(14-26-45)51(64)70-47-29-17-41(18-30-47)53(66)72-49-33-21-43(22-34-49)55(56(58,59)60,57(61,62)63)44-23-35-50(36-24-44)73-54(67)42-19-31-48(32-20-42)71-52(65)40-15-27-46(28-16-40)69-38-12-10-8-6-4-2/h13-36H,3-12,37-38H2,1-2H3. The number of alkyl halides is 6. The summed E-state index contributed by atoms with van der Waals surface area (Å²) in [5.74, 6) is -2.70. The van der Waals surface area contributed by atoms with Crippen molar-refractivity contribution in [2.45, 2.75) is 95.8 Å². The quantitative estimate of drug-likeness (QED) is 0.0250. The summed E-state index contributed by atoms with van der Waals surface area (Å²) in [6, 6.07) is 28.5. The second-order valence-corrected chi connectivity index (χ2v) is 17.0. The van der Waals surface area contributed by atoms with Crippen LogP contribution in [0, 0.1) is 0 Å². The normalized spacial score (nSPS) is 11.6. The average molecular weight is 1010 g/mol. The average Bonchev–Trinajstić information content (AvgIpc) is 3.37. The van der Waals surface area contributed by atoms with Gasteiger partial charge in [-0.1, -0.05) is 89.5 Å². The van der Waals surface area contributed by atoms with E-state index in [0.717, 1.165) is 75.6 Å². The lowest BCUT2D eigenvalue weighted by atomic mass is 9.73. The Labute approximate surface area is 419 Å². The minimum Gasteiger partial charge on any atom is -0.494 e. The maximum atomic E-state index is 15.0. The first-order valence-electron chi connectivity index (χ1n) is 23.9. The highest BCUT2D eigenvalue weighted by Crippen LogP contribution is 2.56. The summed E-state index contributed by atoms with van der Waals surface area (Å²) in [6.45, 7) is 5.40. The molecule has 0 N–H and O–H groups in total. The Hall–Kier alpha value is -7.62. The first kappa shape index (κ1) is 54.7. The molecule has 0 aromatic heterocycles. The van der Waals surface area contributed by atoms with E-state index in [-0.39, 0.29) is 45.3 Å². The number of unbranched alkanes of at least 4 members (excludes halogenated alkanes) is 8. The second-order valence-electron chi connectivity index (χ2n) is 17.0. The van der Waals surface area contributed by atoms with Gasteiger partial charge in [-0.05, 0) is 145 Å². The monoisotopic (exact) mass is 1010 g/mol. The van der Waals surface area contributed by atoms with Crippen LogP contribution in [0.4, 0.5) is 26.3 Å². The third kappa shape index (κ3) is 14.7. The molecule has 384 valence electrons. The first-order valence-corrected chi connectivity index (χ1v) is 23.9. The maximum absolute atomic E-state index is 15.0. The molecule has 73 heavy (non-hydrogen) atoms. The fourth-order valence-electron chi connectivity index (χ4n) is 7.68. The van der Waals surface area contributed by atoms with Crippen LogP contribution in [0.1, 0.15) is 131 Å². The molecule has 0 unspecified atom stereocenters. The highest BCUT2D eigenvalue weighted by Gasteiger charge is 2.72. The van der Waals surface area contributed by atoms with Gasteiger partial charge in [0.15, 0.2) is 0 Å². The van der Waals surface area contributed by atoms with Crippen LogP contribution >= 0.6 is 0 Å². The molecule has 0 aliphatic heterocycles. The summed E-state index contributed by atoms with van der Waals surface area (Å²) in [6.07, 6.45) is -0.987. The fourth-order valence-corrected chi connectivity index (χ4v) is 7.68. The van der Waals surface area contributed by atoms with Gasteiger partial charge < -0.3 is 28.4 Å². The lowest BCUT2D eigenvalue weighted by molar-refractivity contribution is -0.288. The van der Waals surface area contributed by atoms with E-state index >= 15 is 0 Å². The van der Waals surface area contributed by atoms with Crippen molar-refractivity contribution in [2.24, 2.45) is 0 Å². The van der Waals surface area contributed by atoms with Crippen LogP contribution in [-0.2, 0) is 5.41 Å². The van der Waals surface area contributed by atoms with E-state index in [1.807, 2.05) is 0 Å². The Bertz CT molecular complexity index is 2530. The zero-order chi connectivity index (χ0) is 52.4. The number of rotatable bonds is 24. The predicted molar refractivity (Wildman–Crippen MR) is 260 cm³/mol. The molecular formula is C57H54F6O10. The number of esters is 4. The molecule has 0 spiro atoms. The maximum Gasteiger partial charge on any atom is 0.411 e. The Kier molecular flexibility index (Phi) is 19.2. The predicted octanol–water partition coefficient (Wildman–Crippen LogP) is 14.7. The molecule has 0 aliphatic rings. The number of carbonyl (C=O) groups is 4. The van der Waals surface area contributed by atoms with Crippen molar-refractivity contribution in [3.05, 3.63) is 179 Å². The molecule has 6 rings (SSSR count). The topological polar surface area (TPSA) is 124 Å². The summed E-state index contributed by atoms with van der Waals surface area (Å²) in [4.78, 5) is 51.4. The van der Waals surface area contributed by atoms with Crippen LogP contribution in [0.25, 0.3) is 0 Å². The van der Waals surface area contributed by atoms with E-state index < -0.39 is 52.8 Å². The van der Waals surface area contributed by atoms with Gasteiger partial charge in [-0.2, -0.15) is 26.3 Å². The minimum absolute atomic E-state index is 0.0643. The number of hydrogen-bond donors (Lipinski definition) is 0. The summed E-state index contributed by atoms with van der Waals surface area (Å²) >= 11 is 0. The number of halogens is 6. The van der Waals surface area contributed by atoms with Crippen LogP contribution in [0.15, 0.2) is 146 Å². The van der Waals surface area contributed by atoms with E-state index in [1.165, 1.54) is 61.4 Å². The Balaban J connectivity index is 1.04. The largest absolute Gasteiger partial charge is 0.494 e. The Morgan fingerprint density at radius 2 is 0.562 bits per heavy atom. The molecule has 0 saturated carbocycles. The molecule has 16 heteroatoms. The fraction of sp³-hybridized carbons (Fsp3) is 0.298. The highest BCUT2D eigenvalue weighted by atomic mass is 19.4. The molecule has 0 saturated heterocycles. The van der Waals surface area contributed by atoms with Gasteiger partial charge >= 0.3 is 36.2 Å². The second kappa shape index (κ2) is 25.7. The van der Waals surface area contributed by atoms with Gasteiger partial charge in [0.2, 0.25) is 5.41 Å². The van der Waals surface area contributed by atoms with Gasteiger partial charge in [0, 0.05) is 0 Å². The number of hydrogen-bond acceptors (Lipinski definition) is 10. The molecule has 6 aromatic carbocycles. The van der Waals surface area contributed by atoms with Crippen LogP contribution in [-0.4, -0.2) is 49.4 Å². The molecule has 0 fully saturated rings. The molecule has 0 amide bonds. The lowest BCUT2D eigenvalue weighted by Crippen LogP contribution is -2.54. The zero-order valence-corrected chi connectivity index (χ0v) is 40.2. The van der Waals surface area contributed by atoms with E-state index in [0.29, 0.717) is 49.0 Å². The molecule has 0 heterocycles. The van der Waals surface area contributed by atoms with Crippen molar-refractivity contribution in [3.8, 4) is 34.5 Å². The lowest BCUT2D eigenvalue weighted by Gasteiger charge is -2.38. The molecule has 10 nitrogen and oxygen atoms in total. The molecule has 6 aromatic rings. The van der Waals surface area contributed by atoms with Gasteiger partial charge in [-0.25, -0.2) is 19.2 Å². The van der Waals surface area contributed by atoms with E-state index in [1.54, 1.807) is 48.5 Å². The Morgan fingerprint density at radius 1 is 0.329 bits per heavy atom. The smallest absolute Gasteiger partial charge is 0.411 e. The van der Waals surface area contributed by atoms with E-state index in [2.05, 4.69) is 13.8 Å². The summed E-state index contributed by atoms with van der Waals surface area (Å²) in [5.41, 5.74) is -6.68. The van der Waals surface area contributed by atoms with Gasteiger partial charge in [0.05, 0.1) is 35.5 Å². The Morgan fingerprint density at radius 3 is 0.808 bits per heavy atom. The summed E-state index contributed by atoms with van der Waals surface area (Å²) in [7, 11) is 0. The van der Waals surface area contributed by atoms with Crippen LogP contribution in [0.5, 0.6) is 34.5 Å². The molecule has 0 aliphatic carbocycles. The zero-order valence-electron chi connectivity index (χ0n) is 40.2. The van der Waals surface area contributed by atoms with Crippen molar-refractivity contribution in [1.82, 2.24) is 0 Å². The molecule has 0 radical (unpaired) electrons. The van der Waals surface area contributed by atoms with Gasteiger partial charge in [-0.15, -0.1) is 0 Å². The third-order valence-electron chi connectivity index (χ3n) is 11.7. The molecule has 0 bridgehead atoms. The van der Waals surface area contributed by atoms with E-state index in [4.69, 9.17) is 28.4 Å². The van der Waals surface area contributed by atoms with Crippen molar-refractivity contribution >= 4 is 23.9 Å². The molecular weight excluding hydrogens is 959 g/mol. The van der Waals surface area contributed by atoms with Crippen LogP contribution < -0.4 is 28.4 Å². The SMILES string of the molecule is CCCCCCCOc1ccc(C(=O)Oc2ccc(C(=O)Oc3ccc(C(c4ccc(OC(=O)c5ccc(OC(=O)c6ccc(OCCCCCCC)cc6)cc5)cc4)(C(F)(F)F)C(F)(F)F)cc3)cc2)cc1. The van der Waals surface area contributed by atoms with Gasteiger partial charge in [0.25, 0.3) is 0 Å². The van der Waals surface area contributed by atoms with Crippen molar-refractivity contribution in [3.63, 3.8) is 0 Å². The van der Waals surface area contributed by atoms with Gasteiger partial charge in [0.1, 0.15) is 34.5 Å². The molecule has 0 atom stereocenters. The number of benzene rings is 6. The van der Waals surface area contributed by atoms with Crippen molar-refractivity contribution in [2.75, 3.05) is 13.2 Å². The summed E-state index contributed by atoms with van der Waals surface area (Å²) in [5, 5.41) is 0. The van der Waals surface area contributed by atoms with Crippen molar-refractivity contribution in [1.29, 1.82) is 0 Å². The first-order chi connectivity index (χ1) is 35.0. The number of carbonyl (C=O) groups excluding carboxylic acids is 4. The van der Waals surface area contributed by atoms with Crippen LogP contribution in [0.2, 0.25) is 0 Å². The van der Waals surface area contributed by atoms with Crippen molar-refractivity contribution < 1.29 is 73.9 Å². The number of ether oxygens (including phenoxy) is 6. The van der Waals surface area contributed by atoms with E-state index in [9.17, 15) is 45.5 Å². The summed E-state index contributed by atoms with van der Waals surface area (Å²) < 4.78 is 122. The minimum atomic E-state index is -5.95. The van der Waals surface area contributed by atoms with Gasteiger partial charge in [-0.3, -0.25) is 0 Å². The third-order valence-corrected chi connectivity index (χ3v) is 11.7. The highest BCUT2D eigenvalue weighted by molar-refractivity contribution is 5.94.